The first kappa shape index (κ1) is 21.3. The van der Waals surface area contributed by atoms with Crippen LogP contribution in [0.25, 0.3) is 10.9 Å². The second-order valence-corrected chi connectivity index (χ2v) is 8.01. The Morgan fingerprint density at radius 1 is 1.32 bits per heavy atom. The van der Waals surface area contributed by atoms with Gasteiger partial charge in [-0.1, -0.05) is 0 Å². The summed E-state index contributed by atoms with van der Waals surface area (Å²) < 4.78 is 36.7. The van der Waals surface area contributed by atoms with Crippen LogP contribution in [-0.4, -0.2) is 42.4 Å². The van der Waals surface area contributed by atoms with E-state index in [1.807, 2.05) is 0 Å². The largest absolute Gasteiger partial charge is 0.492 e. The first-order valence-corrected chi connectivity index (χ1v) is 10.4. The number of carboxylic acid groups (broad SMARTS) is 1. The average Bonchev–Trinajstić information content (AvgIpc) is 3.60. The summed E-state index contributed by atoms with van der Waals surface area (Å²) in [6.07, 6.45) is 4.58. The number of anilines is 1. The minimum absolute atomic E-state index is 0.0190. The van der Waals surface area contributed by atoms with Crippen molar-refractivity contribution in [3.8, 4) is 5.75 Å². The van der Waals surface area contributed by atoms with Crippen LogP contribution in [0.4, 0.5) is 14.5 Å². The fraction of sp³-hybridized carbons (Fsp3) is 0.455. The molecule has 1 saturated heterocycles. The van der Waals surface area contributed by atoms with Gasteiger partial charge in [0.05, 0.1) is 18.0 Å². The monoisotopic (exact) mass is 433 g/mol. The smallest absolute Gasteiger partial charge is 0.341 e. The second kappa shape index (κ2) is 8.30. The van der Waals surface area contributed by atoms with Crippen LogP contribution in [0.3, 0.4) is 0 Å². The third-order valence-corrected chi connectivity index (χ3v) is 6.04. The minimum atomic E-state index is -1.35. The highest BCUT2D eigenvalue weighted by Gasteiger charge is 2.31. The SMILES string of the molecule is COc1c(N2CCC/C(=C(\F)CN)CC2)c(F)cc2c(=O)c(C(=O)O)cn(C3CC3)c12. The van der Waals surface area contributed by atoms with Crippen molar-refractivity contribution in [3.05, 3.63) is 45.3 Å². The summed E-state index contributed by atoms with van der Waals surface area (Å²) in [5.41, 5.74) is 5.54. The van der Waals surface area contributed by atoms with E-state index in [0.717, 1.165) is 18.9 Å². The Kier molecular flexibility index (Phi) is 5.70. The quantitative estimate of drug-likeness (QED) is 0.751. The van der Waals surface area contributed by atoms with Crippen molar-refractivity contribution >= 4 is 22.6 Å². The Morgan fingerprint density at radius 3 is 2.68 bits per heavy atom. The van der Waals surface area contributed by atoms with Gasteiger partial charge in [-0.2, -0.15) is 0 Å². The van der Waals surface area contributed by atoms with Crippen LogP contribution in [-0.2, 0) is 0 Å². The normalized spacial score (nSPS) is 18.8. The Hall–Kier alpha value is -2.94. The van der Waals surface area contributed by atoms with E-state index < -0.39 is 22.8 Å². The molecule has 3 N–H and O–H groups in total. The Morgan fingerprint density at radius 2 is 2.06 bits per heavy atom. The third-order valence-electron chi connectivity index (χ3n) is 6.04. The van der Waals surface area contributed by atoms with Crippen LogP contribution in [0, 0.1) is 5.82 Å². The van der Waals surface area contributed by atoms with Gasteiger partial charge < -0.3 is 25.0 Å². The van der Waals surface area contributed by atoms with Gasteiger partial charge in [-0.3, -0.25) is 4.79 Å². The van der Waals surface area contributed by atoms with Gasteiger partial charge in [0, 0.05) is 31.9 Å². The first-order chi connectivity index (χ1) is 14.9. The molecule has 1 saturated carbocycles. The predicted molar refractivity (Wildman–Crippen MR) is 113 cm³/mol. The zero-order valence-corrected chi connectivity index (χ0v) is 17.3. The topological polar surface area (TPSA) is 97.8 Å². The summed E-state index contributed by atoms with van der Waals surface area (Å²) in [6.45, 7) is 0.714. The molecule has 1 aromatic carbocycles. The number of fused-ring (bicyclic) bond motifs is 1. The lowest BCUT2D eigenvalue weighted by atomic mass is 10.1. The molecular weight excluding hydrogens is 408 g/mol. The maximum absolute atomic E-state index is 15.3. The zero-order valence-electron chi connectivity index (χ0n) is 17.3. The Labute approximate surface area is 177 Å². The molecular formula is C22H25F2N3O4. The number of halogens is 2. The maximum Gasteiger partial charge on any atom is 0.341 e. The van der Waals surface area contributed by atoms with E-state index in [-0.39, 0.29) is 35.2 Å². The molecule has 4 rings (SSSR count). The van der Waals surface area contributed by atoms with Gasteiger partial charge in [0.1, 0.15) is 17.1 Å². The van der Waals surface area contributed by atoms with E-state index in [2.05, 4.69) is 0 Å². The lowest BCUT2D eigenvalue weighted by molar-refractivity contribution is 0.0695. The third kappa shape index (κ3) is 3.78. The van der Waals surface area contributed by atoms with Gasteiger partial charge in [-0.25, -0.2) is 13.6 Å². The van der Waals surface area contributed by atoms with Crippen molar-refractivity contribution in [2.45, 2.75) is 38.1 Å². The molecule has 1 aromatic heterocycles. The Bertz CT molecular complexity index is 1140. The lowest BCUT2D eigenvalue weighted by Crippen LogP contribution is -2.27. The van der Waals surface area contributed by atoms with Gasteiger partial charge in [-0.15, -0.1) is 0 Å². The zero-order chi connectivity index (χ0) is 22.3. The number of ether oxygens (including phenoxy) is 1. The molecule has 0 spiro atoms. The number of benzene rings is 1. The van der Waals surface area contributed by atoms with Crippen molar-refractivity contribution in [3.63, 3.8) is 0 Å². The Balaban J connectivity index is 1.90. The molecule has 9 heteroatoms. The van der Waals surface area contributed by atoms with Crippen LogP contribution < -0.4 is 20.8 Å². The number of nitrogens with zero attached hydrogens (tertiary/aromatic N) is 2. The number of aromatic carboxylic acids is 1. The molecule has 2 aromatic rings. The number of rotatable bonds is 5. The number of aromatic nitrogens is 1. The van der Waals surface area contributed by atoms with E-state index in [9.17, 15) is 19.1 Å². The van der Waals surface area contributed by atoms with Crippen LogP contribution in [0.15, 0.2) is 28.5 Å². The van der Waals surface area contributed by atoms with E-state index in [1.165, 1.54) is 13.3 Å². The number of carbonyl (C=O) groups is 1. The molecule has 31 heavy (non-hydrogen) atoms. The molecule has 0 bridgehead atoms. The molecule has 1 aliphatic carbocycles. The average molecular weight is 433 g/mol. The van der Waals surface area contributed by atoms with Crippen LogP contribution in [0.2, 0.25) is 0 Å². The summed E-state index contributed by atoms with van der Waals surface area (Å²) >= 11 is 0. The fourth-order valence-corrected chi connectivity index (χ4v) is 4.35. The molecule has 0 radical (unpaired) electrons. The minimum Gasteiger partial charge on any atom is -0.492 e. The van der Waals surface area contributed by atoms with Crippen molar-refractivity contribution in [2.24, 2.45) is 5.73 Å². The highest BCUT2D eigenvalue weighted by atomic mass is 19.1. The van der Waals surface area contributed by atoms with Gasteiger partial charge in [0.2, 0.25) is 5.43 Å². The number of pyridine rings is 1. The number of methoxy groups -OCH3 is 1. The van der Waals surface area contributed by atoms with Crippen LogP contribution in [0.1, 0.15) is 48.5 Å². The molecule has 2 heterocycles. The maximum atomic E-state index is 15.3. The lowest BCUT2D eigenvalue weighted by Gasteiger charge is -2.27. The van der Waals surface area contributed by atoms with E-state index >= 15 is 4.39 Å². The van der Waals surface area contributed by atoms with Crippen LogP contribution >= 0.6 is 0 Å². The van der Waals surface area contributed by atoms with Gasteiger partial charge in [0.25, 0.3) is 0 Å². The summed E-state index contributed by atoms with van der Waals surface area (Å²) in [5, 5.41) is 9.42. The summed E-state index contributed by atoms with van der Waals surface area (Å²) in [4.78, 5) is 26.2. The van der Waals surface area contributed by atoms with Crippen molar-refractivity contribution in [2.75, 3.05) is 31.6 Å². The molecule has 0 unspecified atom stereocenters. The molecule has 7 nitrogen and oxygen atoms in total. The predicted octanol–water partition coefficient (Wildman–Crippen LogP) is 3.35. The highest BCUT2D eigenvalue weighted by Crippen LogP contribution is 2.44. The molecule has 2 aliphatic rings. The molecule has 2 fully saturated rings. The van der Waals surface area contributed by atoms with Gasteiger partial charge >= 0.3 is 5.97 Å². The number of hydrogen-bond acceptors (Lipinski definition) is 5. The first-order valence-electron chi connectivity index (χ1n) is 10.4. The fourth-order valence-electron chi connectivity index (χ4n) is 4.35. The van der Waals surface area contributed by atoms with E-state index in [0.29, 0.717) is 43.4 Å². The molecule has 1 aliphatic heterocycles. The molecule has 0 amide bonds. The van der Waals surface area contributed by atoms with Crippen molar-refractivity contribution < 1.29 is 23.4 Å². The van der Waals surface area contributed by atoms with E-state index in [1.54, 1.807) is 9.47 Å². The summed E-state index contributed by atoms with van der Waals surface area (Å²) in [7, 11) is 1.40. The highest BCUT2D eigenvalue weighted by molar-refractivity contribution is 5.97. The molecule has 166 valence electrons. The standard InChI is InChI=1S/C22H25F2N3O4/c1-31-21-18-14(20(28)15(22(29)30)11-27(18)13-4-5-13)9-16(23)19(21)26-7-2-3-12(6-8-26)17(24)10-25/h9,11,13H,2-8,10,25H2,1H3,(H,29,30)/b17-12+. The second-order valence-electron chi connectivity index (χ2n) is 8.01. The number of nitrogens with two attached hydrogens (primary N) is 1. The summed E-state index contributed by atoms with van der Waals surface area (Å²) in [6, 6.07) is 1.13. The van der Waals surface area contributed by atoms with Crippen LogP contribution in [0.5, 0.6) is 5.75 Å². The van der Waals surface area contributed by atoms with Crippen molar-refractivity contribution in [1.82, 2.24) is 4.57 Å². The number of hydrogen-bond donors (Lipinski definition) is 2. The van der Waals surface area contributed by atoms with Crippen molar-refractivity contribution in [1.29, 1.82) is 0 Å². The van der Waals surface area contributed by atoms with Gasteiger partial charge in [-0.05, 0) is 43.7 Å². The molecule has 0 atom stereocenters. The summed E-state index contributed by atoms with van der Waals surface area (Å²) in [5.74, 6) is -2.14. The number of carboxylic acids is 1. The van der Waals surface area contributed by atoms with Gasteiger partial charge in [0.15, 0.2) is 11.6 Å². The van der Waals surface area contributed by atoms with E-state index in [4.69, 9.17) is 10.5 Å².